The van der Waals surface area contributed by atoms with Crippen molar-refractivity contribution < 1.29 is 19.8 Å². The van der Waals surface area contributed by atoms with Crippen molar-refractivity contribution in [1.82, 2.24) is 0 Å². The molecule has 0 saturated heterocycles. The molecule has 0 aromatic carbocycles. The third-order valence-corrected chi connectivity index (χ3v) is 0.775. The number of hydrogen-bond acceptors (Lipinski definition) is 6. The van der Waals surface area contributed by atoms with E-state index in [1.54, 1.807) is 0 Å². The predicted molar refractivity (Wildman–Crippen MR) is 43.5 cm³/mol. The fourth-order valence-electron chi connectivity index (χ4n) is 0. The van der Waals surface area contributed by atoms with E-state index >= 15 is 0 Å². The number of hydrogen-bond donors (Lipinski definition) is 2. The first-order valence-corrected chi connectivity index (χ1v) is 3.42. The molecule has 0 N–H and O–H groups in total. The Balaban J connectivity index is -0.000000107. The van der Waals surface area contributed by atoms with Crippen LogP contribution in [0.3, 0.4) is 0 Å². The minimum absolute atomic E-state index is 0. The molecule has 0 heterocycles. The summed E-state index contributed by atoms with van der Waals surface area (Å²) in [5.74, 6) is -2.65. The summed E-state index contributed by atoms with van der Waals surface area (Å²) in [6.07, 6.45) is 0. The Kier molecular flexibility index (Phi) is 22.7. The van der Waals surface area contributed by atoms with Gasteiger partial charge in [-0.05, 0) is 0 Å². The Hall–Kier alpha value is 1.21. The third kappa shape index (κ3) is 35.0. The first kappa shape index (κ1) is 18.1. The topological polar surface area (TPSA) is 80.3 Å². The van der Waals surface area contributed by atoms with Gasteiger partial charge in [0.25, 0.3) is 0 Å². The predicted octanol–water partition coefficient (Wildman–Crippen LogP) is -3.05. The molecule has 0 amide bonds. The first-order valence-electron chi connectivity index (χ1n) is 2.16. The largest absolute Gasteiger partial charge is 2.00 e. The Morgan fingerprint density at radius 3 is 1.09 bits per heavy atom. The van der Waals surface area contributed by atoms with Crippen molar-refractivity contribution >= 4 is 86.1 Å². The Morgan fingerprint density at radius 1 is 1.00 bits per heavy atom. The molecule has 0 bridgehead atoms. The van der Waals surface area contributed by atoms with Crippen molar-refractivity contribution in [1.29, 1.82) is 0 Å². The molecule has 0 saturated carbocycles. The summed E-state index contributed by atoms with van der Waals surface area (Å²) in [4.78, 5) is 18.4. The Labute approximate surface area is 116 Å². The normalized spacial score (nSPS) is 6.73. The number of aliphatic carboxylic acids is 2. The molecule has 0 spiro atoms. The van der Waals surface area contributed by atoms with Gasteiger partial charge in [-0.15, -0.1) is 0 Å². The fourth-order valence-corrected chi connectivity index (χ4v) is 0. The van der Waals surface area contributed by atoms with Gasteiger partial charge in [-0.1, -0.05) is 0 Å². The average molecular weight is 320 g/mol. The van der Waals surface area contributed by atoms with E-state index in [9.17, 15) is 19.8 Å². The molecule has 0 fully saturated rings. The maximum absolute atomic E-state index is 9.18. The number of carbonyl (C=O) groups excluding carboxylic acids is 2. The van der Waals surface area contributed by atoms with Crippen LogP contribution in [0.4, 0.5) is 0 Å². The van der Waals surface area contributed by atoms with E-state index < -0.39 is 11.9 Å². The van der Waals surface area contributed by atoms with Crippen molar-refractivity contribution in [3.8, 4) is 0 Å². The number of thiol groups is 2. The second-order valence-electron chi connectivity index (χ2n) is 1.06. The van der Waals surface area contributed by atoms with Crippen LogP contribution in [-0.2, 0) is 9.59 Å². The maximum atomic E-state index is 9.18. The number of carbonyl (C=O) groups is 2. The van der Waals surface area contributed by atoms with Gasteiger partial charge < -0.3 is 19.8 Å². The molecule has 0 unspecified atom stereocenters. The van der Waals surface area contributed by atoms with Crippen LogP contribution in [0.25, 0.3) is 0 Å². The van der Waals surface area contributed by atoms with Crippen LogP contribution in [0.5, 0.6) is 0 Å². The molecule has 11 heavy (non-hydrogen) atoms. The van der Waals surface area contributed by atoms with Gasteiger partial charge in [-0.25, -0.2) is 0 Å². The average Bonchev–Trinajstić information content (AvgIpc) is 1.89. The molecular formula is C4H6BaO4S2. The number of carboxylic acids is 2. The molecule has 0 atom stereocenters. The fraction of sp³-hybridized carbons (Fsp3) is 0.500. The van der Waals surface area contributed by atoms with Crippen LogP contribution in [0.15, 0.2) is 0 Å². The van der Waals surface area contributed by atoms with Gasteiger partial charge in [0.15, 0.2) is 0 Å². The molecule has 0 radical (unpaired) electrons. The zero-order chi connectivity index (χ0) is 8.57. The van der Waals surface area contributed by atoms with Gasteiger partial charge >= 0.3 is 48.9 Å². The third-order valence-electron chi connectivity index (χ3n) is 0.258. The summed E-state index contributed by atoms with van der Waals surface area (Å²) >= 11 is 6.71. The quantitative estimate of drug-likeness (QED) is 0.419. The monoisotopic (exact) mass is 320 g/mol. The van der Waals surface area contributed by atoms with Crippen molar-refractivity contribution in [2.45, 2.75) is 0 Å². The van der Waals surface area contributed by atoms with E-state index in [4.69, 9.17) is 0 Å². The van der Waals surface area contributed by atoms with Gasteiger partial charge in [-0.2, -0.15) is 25.3 Å². The van der Waals surface area contributed by atoms with Gasteiger partial charge in [0, 0.05) is 11.5 Å². The molecular weight excluding hydrogens is 314 g/mol. The number of rotatable bonds is 2. The standard InChI is InChI=1S/2C2H4O2S.Ba/c2*3-2(4)1-5;/h2*5H,1H2,(H,3,4);/q;;+2/p-2. The molecule has 0 aliphatic heterocycles. The van der Waals surface area contributed by atoms with Crippen LogP contribution in [0.2, 0.25) is 0 Å². The van der Waals surface area contributed by atoms with Gasteiger partial charge in [0.05, 0.1) is 11.9 Å². The van der Waals surface area contributed by atoms with Crippen LogP contribution in [0.1, 0.15) is 0 Å². The minimum atomic E-state index is -1.13. The molecule has 0 aromatic rings. The zero-order valence-electron chi connectivity index (χ0n) is 5.65. The van der Waals surface area contributed by atoms with Crippen molar-refractivity contribution in [3.05, 3.63) is 0 Å². The molecule has 0 aromatic heterocycles. The summed E-state index contributed by atoms with van der Waals surface area (Å²) in [6.45, 7) is 0. The molecule has 7 heteroatoms. The van der Waals surface area contributed by atoms with Crippen molar-refractivity contribution in [3.63, 3.8) is 0 Å². The summed E-state index contributed by atoms with van der Waals surface area (Å²) in [6, 6.07) is 0. The van der Waals surface area contributed by atoms with Crippen LogP contribution in [0, 0.1) is 0 Å². The van der Waals surface area contributed by atoms with Crippen molar-refractivity contribution in [2.24, 2.45) is 0 Å². The SMILES string of the molecule is O=C([O-])CS.O=C([O-])CS.[Ba+2]. The van der Waals surface area contributed by atoms with Crippen molar-refractivity contribution in [2.75, 3.05) is 11.5 Å². The molecule has 4 nitrogen and oxygen atoms in total. The summed E-state index contributed by atoms with van der Waals surface area (Å²) in [7, 11) is 0. The Bertz CT molecular complexity index is 105. The summed E-state index contributed by atoms with van der Waals surface area (Å²) < 4.78 is 0. The second-order valence-corrected chi connectivity index (χ2v) is 1.69. The molecule has 60 valence electrons. The zero-order valence-corrected chi connectivity index (χ0v) is 11.9. The van der Waals surface area contributed by atoms with E-state index in [0.717, 1.165) is 0 Å². The molecule has 0 rings (SSSR count). The first-order chi connectivity index (χ1) is 4.54. The smallest absolute Gasteiger partial charge is 0.549 e. The summed E-state index contributed by atoms with van der Waals surface area (Å²) in [5, 5.41) is 18.4. The molecule has 0 aliphatic rings. The minimum Gasteiger partial charge on any atom is -0.549 e. The van der Waals surface area contributed by atoms with Gasteiger partial charge in [-0.3, -0.25) is 0 Å². The van der Waals surface area contributed by atoms with Gasteiger partial charge in [0.1, 0.15) is 0 Å². The van der Waals surface area contributed by atoms with Crippen LogP contribution >= 0.6 is 25.3 Å². The second kappa shape index (κ2) is 13.8. The van der Waals surface area contributed by atoms with E-state index in [1.165, 1.54) is 0 Å². The van der Waals surface area contributed by atoms with E-state index in [1.807, 2.05) is 0 Å². The van der Waals surface area contributed by atoms with Crippen LogP contribution < -0.4 is 10.2 Å². The van der Waals surface area contributed by atoms with Gasteiger partial charge in [0.2, 0.25) is 0 Å². The molecule has 0 aliphatic carbocycles. The van der Waals surface area contributed by atoms with E-state index in [0.29, 0.717) is 0 Å². The van der Waals surface area contributed by atoms with E-state index in [2.05, 4.69) is 25.3 Å². The Morgan fingerprint density at radius 2 is 1.09 bits per heavy atom. The number of carboxylic acid groups (broad SMARTS) is 2. The summed E-state index contributed by atoms with van der Waals surface area (Å²) in [5.41, 5.74) is 0. The van der Waals surface area contributed by atoms with E-state index in [-0.39, 0.29) is 60.4 Å². The van der Waals surface area contributed by atoms with Crippen LogP contribution in [-0.4, -0.2) is 72.3 Å². The maximum Gasteiger partial charge on any atom is 2.00 e.